The zero-order valence-corrected chi connectivity index (χ0v) is 17.9. The fraction of sp³-hybridized carbons (Fsp3) is 0.200. The van der Waals surface area contributed by atoms with E-state index < -0.39 is 18.5 Å². The van der Waals surface area contributed by atoms with Gasteiger partial charge in [0, 0.05) is 31.1 Å². The molecule has 0 saturated carbocycles. The molecule has 5 aromatic heterocycles. The summed E-state index contributed by atoms with van der Waals surface area (Å²) in [6.07, 6.45) is 4.94. The van der Waals surface area contributed by atoms with Crippen LogP contribution >= 0.6 is 11.6 Å². The molecule has 0 fully saturated rings. The molecule has 6 rings (SSSR count). The Bertz CT molecular complexity index is 1520. The summed E-state index contributed by atoms with van der Waals surface area (Å²) in [4.78, 5) is 22.5. The van der Waals surface area contributed by atoms with Crippen LogP contribution in [0.2, 0.25) is 5.02 Å². The van der Waals surface area contributed by atoms with Crippen molar-refractivity contribution in [2.24, 2.45) is 0 Å². The highest BCUT2D eigenvalue weighted by atomic mass is 35.5. The van der Waals surface area contributed by atoms with Gasteiger partial charge in [-0.3, -0.25) is 4.79 Å². The van der Waals surface area contributed by atoms with Crippen molar-refractivity contribution in [1.29, 1.82) is 0 Å². The van der Waals surface area contributed by atoms with E-state index in [1.165, 1.54) is 11.0 Å². The average molecular weight is 486 g/mol. The van der Waals surface area contributed by atoms with E-state index in [4.69, 9.17) is 16.0 Å². The Labute approximate surface area is 194 Å². The number of carbonyl (C=O) groups is 1. The first-order valence-corrected chi connectivity index (χ1v) is 10.5. The molecule has 1 aliphatic heterocycles. The van der Waals surface area contributed by atoms with Crippen LogP contribution in [0.1, 0.15) is 40.4 Å². The minimum absolute atomic E-state index is 0.0339. The van der Waals surface area contributed by atoms with Gasteiger partial charge in [-0.2, -0.15) is 19.0 Å². The molecule has 1 atom stereocenters. The topological polar surface area (TPSA) is 123 Å². The number of amides is 1. The zero-order valence-electron chi connectivity index (χ0n) is 17.1. The number of alkyl halides is 2. The predicted octanol–water partition coefficient (Wildman–Crippen LogP) is 3.14. The number of nitrogens with one attached hydrogen (secondary N) is 1. The summed E-state index contributed by atoms with van der Waals surface area (Å²) in [5, 5.41) is 16.5. The summed E-state index contributed by atoms with van der Waals surface area (Å²) in [6.45, 7) is -2.48. The summed E-state index contributed by atoms with van der Waals surface area (Å²) in [7, 11) is 0. The van der Waals surface area contributed by atoms with Crippen molar-refractivity contribution >= 4 is 23.0 Å². The fourth-order valence-electron chi connectivity index (χ4n) is 4.03. The SMILES string of the molecule is O=C(c1nnc(-c2ccn(C(F)F)n2)o1)N1CCc2[nH]cnc2[C@H]1c1cc2c(Cl)cccn2n1. The van der Waals surface area contributed by atoms with Gasteiger partial charge >= 0.3 is 18.3 Å². The van der Waals surface area contributed by atoms with E-state index in [0.717, 1.165) is 11.9 Å². The monoisotopic (exact) mass is 485 g/mol. The Hall–Kier alpha value is -4.13. The highest BCUT2D eigenvalue weighted by Crippen LogP contribution is 2.35. The molecule has 0 bridgehead atoms. The van der Waals surface area contributed by atoms with Crippen molar-refractivity contribution in [3.05, 3.63) is 71.0 Å². The molecule has 14 heteroatoms. The standard InChI is InChI=1S/C20H14ClF2N9O2/c21-10-2-1-5-31-14(10)8-13(29-31)16-15-11(24-9-25-15)3-6-30(16)19(33)18-27-26-17(34-18)12-4-7-32(28-12)20(22)23/h1-2,4-5,7-9,16,20H,3,6H2,(H,24,25)/t16-/m1/s1. The first-order valence-electron chi connectivity index (χ1n) is 10.1. The minimum Gasteiger partial charge on any atom is -0.411 e. The normalized spacial score (nSPS) is 15.9. The van der Waals surface area contributed by atoms with Crippen molar-refractivity contribution in [3.63, 3.8) is 0 Å². The van der Waals surface area contributed by atoms with Crippen LogP contribution in [0.5, 0.6) is 0 Å². The molecule has 34 heavy (non-hydrogen) atoms. The molecule has 0 aromatic carbocycles. The lowest BCUT2D eigenvalue weighted by molar-refractivity contribution is 0.0566. The number of pyridine rings is 1. The first kappa shape index (κ1) is 20.5. The van der Waals surface area contributed by atoms with E-state index in [1.54, 1.807) is 35.2 Å². The number of aromatic nitrogens is 8. The third kappa shape index (κ3) is 3.23. The van der Waals surface area contributed by atoms with Gasteiger partial charge in [-0.1, -0.05) is 11.6 Å². The van der Waals surface area contributed by atoms with Crippen LogP contribution in [0.25, 0.3) is 17.1 Å². The molecule has 0 unspecified atom stereocenters. The van der Waals surface area contributed by atoms with Gasteiger partial charge in [0.2, 0.25) is 0 Å². The molecule has 6 heterocycles. The molecular weight excluding hydrogens is 472 g/mol. The third-order valence-corrected chi connectivity index (χ3v) is 5.89. The highest BCUT2D eigenvalue weighted by molar-refractivity contribution is 6.33. The molecule has 172 valence electrons. The summed E-state index contributed by atoms with van der Waals surface area (Å²) in [5.74, 6) is -0.988. The van der Waals surface area contributed by atoms with E-state index in [-0.39, 0.29) is 17.5 Å². The summed E-state index contributed by atoms with van der Waals surface area (Å²) in [6, 6.07) is 5.99. The summed E-state index contributed by atoms with van der Waals surface area (Å²) < 4.78 is 33.2. The maximum Gasteiger partial charge on any atom is 0.333 e. The Balaban J connectivity index is 1.37. The summed E-state index contributed by atoms with van der Waals surface area (Å²) >= 11 is 6.31. The minimum atomic E-state index is -2.81. The second-order valence-electron chi connectivity index (χ2n) is 7.54. The second-order valence-corrected chi connectivity index (χ2v) is 7.95. The Morgan fingerprint density at radius 2 is 2.12 bits per heavy atom. The average Bonchev–Trinajstić information content (AvgIpc) is 3.62. The Kier molecular flexibility index (Phi) is 4.65. The van der Waals surface area contributed by atoms with Crippen LogP contribution in [0.15, 0.2) is 47.4 Å². The quantitative estimate of drug-likeness (QED) is 0.415. The molecule has 11 nitrogen and oxygen atoms in total. The number of hydrogen-bond acceptors (Lipinski definition) is 7. The van der Waals surface area contributed by atoms with Gasteiger partial charge in [-0.25, -0.2) is 14.2 Å². The van der Waals surface area contributed by atoms with Gasteiger partial charge in [0.05, 0.1) is 28.3 Å². The lowest BCUT2D eigenvalue weighted by Gasteiger charge is -2.32. The van der Waals surface area contributed by atoms with Crippen LogP contribution in [-0.4, -0.2) is 56.9 Å². The largest absolute Gasteiger partial charge is 0.411 e. The highest BCUT2D eigenvalue weighted by Gasteiger charge is 2.38. The van der Waals surface area contributed by atoms with Gasteiger partial charge < -0.3 is 14.3 Å². The van der Waals surface area contributed by atoms with E-state index in [2.05, 4.69) is 30.4 Å². The number of fused-ring (bicyclic) bond motifs is 2. The number of aromatic amines is 1. The van der Waals surface area contributed by atoms with Crippen LogP contribution in [0.3, 0.4) is 0 Å². The van der Waals surface area contributed by atoms with Gasteiger partial charge in [0.25, 0.3) is 5.89 Å². The number of carbonyl (C=O) groups excluding carboxylic acids is 1. The molecule has 1 aliphatic rings. The molecule has 5 aromatic rings. The smallest absolute Gasteiger partial charge is 0.333 e. The predicted molar refractivity (Wildman–Crippen MR) is 112 cm³/mol. The van der Waals surface area contributed by atoms with E-state index >= 15 is 0 Å². The lowest BCUT2D eigenvalue weighted by Crippen LogP contribution is -2.41. The number of halogens is 3. The van der Waals surface area contributed by atoms with Crippen molar-refractivity contribution in [2.45, 2.75) is 19.0 Å². The molecule has 0 saturated heterocycles. The van der Waals surface area contributed by atoms with Gasteiger partial charge in [-0.15, -0.1) is 10.2 Å². The Morgan fingerprint density at radius 3 is 2.91 bits per heavy atom. The number of H-pyrrole nitrogens is 1. The van der Waals surface area contributed by atoms with Crippen molar-refractivity contribution in [3.8, 4) is 11.6 Å². The molecular formula is C20H14ClF2N9O2. The lowest BCUT2D eigenvalue weighted by atomic mass is 9.99. The number of hydrogen-bond donors (Lipinski definition) is 1. The van der Waals surface area contributed by atoms with Gasteiger partial charge in [0.15, 0.2) is 0 Å². The van der Waals surface area contributed by atoms with Gasteiger partial charge in [-0.05, 0) is 24.3 Å². The first-order chi connectivity index (χ1) is 16.5. The van der Waals surface area contributed by atoms with Gasteiger partial charge in [0.1, 0.15) is 11.7 Å². The van der Waals surface area contributed by atoms with Crippen molar-refractivity contribution in [1.82, 2.24) is 44.5 Å². The fourth-order valence-corrected chi connectivity index (χ4v) is 4.24. The van der Waals surface area contributed by atoms with Crippen LogP contribution < -0.4 is 0 Å². The second kappa shape index (κ2) is 7.73. The number of nitrogens with zero attached hydrogens (tertiary/aromatic N) is 8. The van der Waals surface area contributed by atoms with E-state index in [1.807, 2.05) is 0 Å². The number of rotatable bonds is 4. The molecule has 1 amide bonds. The zero-order chi connectivity index (χ0) is 23.4. The van der Waals surface area contributed by atoms with Crippen LogP contribution in [0.4, 0.5) is 8.78 Å². The van der Waals surface area contributed by atoms with E-state index in [0.29, 0.717) is 39.6 Å². The summed E-state index contributed by atoms with van der Waals surface area (Å²) in [5.41, 5.74) is 2.82. The molecule has 1 N–H and O–H groups in total. The maximum atomic E-state index is 13.4. The van der Waals surface area contributed by atoms with Crippen LogP contribution in [-0.2, 0) is 6.42 Å². The molecule has 0 radical (unpaired) electrons. The van der Waals surface area contributed by atoms with Crippen molar-refractivity contribution in [2.75, 3.05) is 6.54 Å². The van der Waals surface area contributed by atoms with E-state index in [9.17, 15) is 13.6 Å². The number of imidazole rings is 1. The molecule has 0 aliphatic carbocycles. The molecule has 0 spiro atoms. The van der Waals surface area contributed by atoms with Crippen molar-refractivity contribution < 1.29 is 18.0 Å². The Morgan fingerprint density at radius 1 is 1.24 bits per heavy atom. The third-order valence-electron chi connectivity index (χ3n) is 5.57. The van der Waals surface area contributed by atoms with Crippen LogP contribution in [0, 0.1) is 0 Å². The maximum absolute atomic E-state index is 13.4.